The Morgan fingerprint density at radius 2 is 1.27 bits per heavy atom. The molecule has 1 aromatic heterocycles. The lowest BCUT2D eigenvalue weighted by Crippen LogP contribution is -2.31. The van der Waals surface area contributed by atoms with Crippen LogP contribution >= 0.6 is 11.3 Å². The number of carbonyl (C=O) groups is 4. The summed E-state index contributed by atoms with van der Waals surface area (Å²) in [6, 6.07) is 9.74. The summed E-state index contributed by atoms with van der Waals surface area (Å²) in [6.45, 7) is 9.29. The molecule has 2 rings (SSSR count). The van der Waals surface area contributed by atoms with E-state index in [1.54, 1.807) is 13.0 Å². The second kappa shape index (κ2) is 31.4. The van der Waals surface area contributed by atoms with Crippen molar-refractivity contribution in [2.45, 2.75) is 105 Å². The van der Waals surface area contributed by atoms with Crippen LogP contribution in [0.1, 0.15) is 112 Å². The van der Waals surface area contributed by atoms with Gasteiger partial charge in [-0.05, 0) is 81.7 Å². The van der Waals surface area contributed by atoms with Gasteiger partial charge < -0.3 is 34.1 Å². The van der Waals surface area contributed by atoms with E-state index in [0.29, 0.717) is 39.8 Å². The van der Waals surface area contributed by atoms with Crippen molar-refractivity contribution in [2.24, 2.45) is 22.1 Å². The van der Waals surface area contributed by atoms with Gasteiger partial charge in [0.2, 0.25) is 0 Å². The second-order valence-electron chi connectivity index (χ2n) is 14.7. The topological polar surface area (TPSA) is 221 Å². The van der Waals surface area contributed by atoms with Gasteiger partial charge in [-0.2, -0.15) is 10.5 Å². The van der Waals surface area contributed by atoms with E-state index in [4.69, 9.17) is 18.9 Å². The number of rotatable bonds is 33. The molecule has 62 heavy (non-hydrogen) atoms. The standard InChI is InChI=1S/C46H63N5O10S/c1-5-7-9-11-13-15-17-36(45(54)55)30-42(52)60-27-25-58-23-21-51(22-24-59-26-28-61-43(53)31-37(46(56)57)18-16-14-12-10-8-6-2)38-19-20-40(34(3)29-38)49-50-44-39(32-47)35(4)41(33-48)62-44/h13-16,19-20,29,36-37H,5-12,17-18,21-28,30-31H2,1-4H3,(H,54,55)(H,56,57)/b15-13+,16-14+,50-49+. The molecular weight excluding hydrogens is 815 g/mol. The van der Waals surface area contributed by atoms with Gasteiger partial charge in [-0.1, -0.05) is 63.8 Å². The maximum absolute atomic E-state index is 12.4. The van der Waals surface area contributed by atoms with Crippen LogP contribution in [0.25, 0.3) is 0 Å². The van der Waals surface area contributed by atoms with Crippen molar-refractivity contribution in [3.05, 3.63) is 64.1 Å². The highest BCUT2D eigenvalue weighted by atomic mass is 32.1. The molecule has 0 amide bonds. The molecule has 2 aromatic rings. The quantitative estimate of drug-likeness (QED) is 0.0295. The van der Waals surface area contributed by atoms with Crippen LogP contribution in [0.3, 0.4) is 0 Å². The molecule has 0 aliphatic rings. The highest BCUT2D eigenvalue weighted by molar-refractivity contribution is 7.16. The zero-order valence-corrected chi connectivity index (χ0v) is 37.5. The van der Waals surface area contributed by atoms with E-state index < -0.39 is 35.7 Å². The van der Waals surface area contributed by atoms with Gasteiger partial charge in [-0.3, -0.25) is 19.2 Å². The Balaban J connectivity index is 1.97. The van der Waals surface area contributed by atoms with E-state index in [-0.39, 0.29) is 65.3 Å². The van der Waals surface area contributed by atoms with Crippen molar-refractivity contribution in [2.75, 3.05) is 57.6 Å². The zero-order chi connectivity index (χ0) is 45.5. The first kappa shape index (κ1) is 52.7. The first-order chi connectivity index (χ1) is 29.9. The summed E-state index contributed by atoms with van der Waals surface area (Å²) in [7, 11) is 0. The van der Waals surface area contributed by atoms with Crippen molar-refractivity contribution < 1.29 is 48.3 Å². The Morgan fingerprint density at radius 3 is 1.73 bits per heavy atom. The van der Waals surface area contributed by atoms with E-state index in [1.165, 1.54) is 0 Å². The number of carboxylic acids is 2. The number of nitrogens with zero attached hydrogens (tertiary/aromatic N) is 5. The van der Waals surface area contributed by atoms with Crippen LogP contribution in [0.2, 0.25) is 0 Å². The van der Waals surface area contributed by atoms with Gasteiger partial charge in [0.15, 0.2) is 5.00 Å². The Hall–Kier alpha value is -5.42. The number of hydrogen-bond donors (Lipinski definition) is 2. The van der Waals surface area contributed by atoms with Gasteiger partial charge in [0.25, 0.3) is 0 Å². The predicted molar refractivity (Wildman–Crippen MR) is 237 cm³/mol. The lowest BCUT2D eigenvalue weighted by atomic mass is 10.0. The zero-order valence-electron chi connectivity index (χ0n) is 36.6. The third-order valence-corrected chi connectivity index (χ3v) is 10.9. The fourth-order valence-electron chi connectivity index (χ4n) is 6.05. The number of nitriles is 2. The van der Waals surface area contributed by atoms with Gasteiger partial charge in [0, 0.05) is 18.8 Å². The van der Waals surface area contributed by atoms with Crippen molar-refractivity contribution in [1.82, 2.24) is 0 Å². The molecule has 0 spiro atoms. The summed E-state index contributed by atoms with van der Waals surface area (Å²) < 4.78 is 22.1. The third kappa shape index (κ3) is 20.9. The average Bonchev–Trinajstić information content (AvgIpc) is 3.56. The summed E-state index contributed by atoms with van der Waals surface area (Å²) in [5.74, 6) is -5.03. The number of allylic oxidation sites excluding steroid dienone is 4. The number of unbranched alkanes of at least 4 members (excludes halogenated alkanes) is 6. The van der Waals surface area contributed by atoms with Gasteiger partial charge in [-0.15, -0.1) is 21.6 Å². The van der Waals surface area contributed by atoms with Crippen LogP contribution in [0, 0.1) is 48.3 Å². The lowest BCUT2D eigenvalue weighted by Gasteiger charge is -2.25. The number of ether oxygens (including phenoxy) is 4. The van der Waals surface area contributed by atoms with E-state index in [1.807, 2.05) is 48.3 Å². The van der Waals surface area contributed by atoms with Gasteiger partial charge >= 0.3 is 23.9 Å². The number of hydrogen-bond acceptors (Lipinski definition) is 14. The number of carboxylic acid groups (broad SMARTS) is 2. The normalized spacial score (nSPS) is 12.4. The molecule has 2 unspecified atom stereocenters. The first-order valence-corrected chi connectivity index (χ1v) is 22.2. The largest absolute Gasteiger partial charge is 0.481 e. The number of carbonyl (C=O) groups excluding carboxylic acids is 2. The fourth-order valence-corrected chi connectivity index (χ4v) is 6.93. The van der Waals surface area contributed by atoms with Crippen molar-refractivity contribution in [3.8, 4) is 12.1 Å². The van der Waals surface area contributed by atoms with Gasteiger partial charge in [-0.25, -0.2) is 0 Å². The van der Waals surface area contributed by atoms with Crippen LogP contribution in [0.5, 0.6) is 0 Å². The maximum atomic E-state index is 12.4. The molecule has 0 aliphatic heterocycles. The van der Waals surface area contributed by atoms with Crippen molar-refractivity contribution in [1.29, 1.82) is 10.5 Å². The lowest BCUT2D eigenvalue weighted by molar-refractivity contribution is -0.152. The molecule has 0 fully saturated rings. The molecule has 0 aliphatic carbocycles. The number of azo groups is 1. The SMILES string of the molecule is CCCCC/C=C/CC(CC(=O)OCCOCCN(CCOCCOC(=O)CC(C/C=C/CCCCC)C(=O)O)c1ccc(/N=N/c2sc(C#N)c(C)c2C#N)c(C)c1)C(=O)O. The van der Waals surface area contributed by atoms with Crippen LogP contribution in [0.4, 0.5) is 16.4 Å². The molecule has 2 N–H and O–H groups in total. The van der Waals surface area contributed by atoms with E-state index in [9.17, 15) is 39.9 Å². The maximum Gasteiger partial charge on any atom is 0.307 e. The molecule has 0 saturated heterocycles. The highest BCUT2D eigenvalue weighted by Gasteiger charge is 2.22. The number of aryl methyl sites for hydroxylation is 1. The predicted octanol–water partition coefficient (Wildman–Crippen LogP) is 9.68. The minimum atomic E-state index is -1.05. The van der Waals surface area contributed by atoms with Crippen LogP contribution in [-0.2, 0) is 38.1 Å². The highest BCUT2D eigenvalue weighted by Crippen LogP contribution is 2.36. The molecule has 1 aromatic carbocycles. The van der Waals surface area contributed by atoms with Crippen LogP contribution < -0.4 is 4.90 Å². The Kier molecular flexibility index (Phi) is 26.7. The van der Waals surface area contributed by atoms with Crippen LogP contribution in [0.15, 0.2) is 52.7 Å². The van der Waals surface area contributed by atoms with Crippen LogP contribution in [-0.4, -0.2) is 86.8 Å². The average molecular weight is 878 g/mol. The van der Waals surface area contributed by atoms with Crippen molar-refractivity contribution in [3.63, 3.8) is 0 Å². The number of benzene rings is 1. The van der Waals surface area contributed by atoms with E-state index in [2.05, 4.69) is 36.2 Å². The van der Waals surface area contributed by atoms with E-state index >= 15 is 0 Å². The second-order valence-corrected chi connectivity index (χ2v) is 15.7. The Bertz CT molecular complexity index is 1810. The molecule has 0 bridgehead atoms. The molecule has 1 heterocycles. The fraction of sp³-hybridized carbons (Fsp3) is 0.565. The van der Waals surface area contributed by atoms with Gasteiger partial charge in [0.1, 0.15) is 30.2 Å². The minimum absolute atomic E-state index is 0.0330. The van der Waals surface area contributed by atoms with Crippen molar-refractivity contribution >= 4 is 51.6 Å². The summed E-state index contributed by atoms with van der Waals surface area (Å²) in [5, 5.41) is 47.1. The number of thiophene rings is 1. The number of esters is 2. The molecule has 16 heteroatoms. The molecule has 0 saturated carbocycles. The first-order valence-electron chi connectivity index (χ1n) is 21.4. The molecule has 338 valence electrons. The molecule has 2 atom stereocenters. The summed E-state index contributed by atoms with van der Waals surface area (Å²) in [6.07, 6.45) is 15.9. The number of aliphatic carboxylic acids is 2. The minimum Gasteiger partial charge on any atom is -0.481 e. The number of anilines is 1. The Labute approximate surface area is 370 Å². The third-order valence-electron chi connectivity index (χ3n) is 9.78. The van der Waals surface area contributed by atoms with E-state index in [0.717, 1.165) is 74.0 Å². The molecular formula is C46H63N5O10S. The summed E-state index contributed by atoms with van der Waals surface area (Å²) in [5.41, 5.74) is 3.07. The smallest absolute Gasteiger partial charge is 0.307 e. The summed E-state index contributed by atoms with van der Waals surface area (Å²) >= 11 is 1.11. The van der Waals surface area contributed by atoms with Gasteiger partial charge in [0.05, 0.1) is 62.4 Å². The summed E-state index contributed by atoms with van der Waals surface area (Å²) in [4.78, 5) is 50.6. The Morgan fingerprint density at radius 1 is 0.742 bits per heavy atom. The molecule has 0 radical (unpaired) electrons. The monoisotopic (exact) mass is 877 g/mol. The molecule has 15 nitrogen and oxygen atoms in total.